The number of carbonyl (C=O) groups excluding carboxylic acids is 2. The van der Waals surface area contributed by atoms with Gasteiger partial charge in [-0.15, -0.1) is 0 Å². The number of carboxylic acid groups (broad SMARTS) is 1. The van der Waals surface area contributed by atoms with Crippen LogP contribution >= 0.6 is 11.8 Å². The number of amides is 3. The number of rotatable bonds is 6. The molecule has 1 fully saturated rings. The summed E-state index contributed by atoms with van der Waals surface area (Å²) in [5, 5.41) is 14.0. The Kier molecular flexibility index (Phi) is 6.48. The second-order valence-electron chi connectivity index (χ2n) is 4.40. The number of nitrogens with two attached hydrogens (primary N) is 1. The third-order valence-electron chi connectivity index (χ3n) is 2.84. The predicted molar refractivity (Wildman–Crippen MR) is 71.9 cm³/mol. The molecular formula is C11H19N3O4S. The molecule has 3 amide bonds. The highest BCUT2D eigenvalue weighted by Gasteiger charge is 2.22. The van der Waals surface area contributed by atoms with Crippen LogP contribution in [0.1, 0.15) is 25.7 Å². The summed E-state index contributed by atoms with van der Waals surface area (Å²) >= 11 is 1.84. The fourth-order valence-electron chi connectivity index (χ4n) is 1.77. The van der Waals surface area contributed by atoms with Gasteiger partial charge in [0, 0.05) is 12.5 Å². The van der Waals surface area contributed by atoms with Gasteiger partial charge in [-0.2, -0.15) is 11.8 Å². The molecule has 1 atom stereocenters. The van der Waals surface area contributed by atoms with Crippen LogP contribution in [-0.2, 0) is 9.59 Å². The van der Waals surface area contributed by atoms with Crippen LogP contribution in [0.25, 0.3) is 0 Å². The maximum atomic E-state index is 11.7. The van der Waals surface area contributed by atoms with E-state index in [9.17, 15) is 14.4 Å². The fourth-order valence-corrected chi connectivity index (χ4v) is 2.88. The molecule has 0 aromatic carbocycles. The quantitative estimate of drug-likeness (QED) is 0.544. The molecule has 0 bridgehead atoms. The number of hydrogen-bond acceptors (Lipinski definition) is 4. The molecular weight excluding hydrogens is 270 g/mol. The normalized spacial score (nSPS) is 17.5. The molecule has 7 nitrogen and oxygen atoms in total. The highest BCUT2D eigenvalue weighted by Crippen LogP contribution is 2.16. The predicted octanol–water partition coefficient (Wildman–Crippen LogP) is -0.100. The number of aliphatic carboxylic acids is 1. The largest absolute Gasteiger partial charge is 0.480 e. The third-order valence-corrected chi connectivity index (χ3v) is 3.89. The van der Waals surface area contributed by atoms with Crippen molar-refractivity contribution >= 4 is 29.7 Å². The number of carbonyl (C=O) groups is 3. The van der Waals surface area contributed by atoms with Gasteiger partial charge in [0.15, 0.2) is 0 Å². The van der Waals surface area contributed by atoms with E-state index in [1.54, 1.807) is 0 Å². The molecule has 0 aromatic rings. The van der Waals surface area contributed by atoms with E-state index in [-0.39, 0.29) is 18.9 Å². The zero-order valence-electron chi connectivity index (χ0n) is 10.6. The van der Waals surface area contributed by atoms with E-state index in [0.29, 0.717) is 0 Å². The fraction of sp³-hybridized carbons (Fsp3) is 0.727. The smallest absolute Gasteiger partial charge is 0.326 e. The first-order chi connectivity index (χ1) is 8.99. The number of thioether (sulfide) groups is 1. The lowest BCUT2D eigenvalue weighted by Gasteiger charge is -2.23. The van der Waals surface area contributed by atoms with Gasteiger partial charge >= 0.3 is 12.0 Å². The molecule has 1 aliphatic rings. The van der Waals surface area contributed by atoms with Gasteiger partial charge in [-0.3, -0.25) is 4.79 Å². The van der Waals surface area contributed by atoms with E-state index in [1.165, 1.54) is 0 Å². The van der Waals surface area contributed by atoms with E-state index in [2.05, 4.69) is 10.6 Å². The Morgan fingerprint density at radius 2 is 1.95 bits per heavy atom. The summed E-state index contributed by atoms with van der Waals surface area (Å²) in [6.07, 6.45) is 1.70. The van der Waals surface area contributed by atoms with Gasteiger partial charge in [0.25, 0.3) is 0 Å². The summed E-state index contributed by atoms with van der Waals surface area (Å²) in [6.45, 7) is 0. The maximum absolute atomic E-state index is 11.7. The summed E-state index contributed by atoms with van der Waals surface area (Å²) in [4.78, 5) is 33.2. The van der Waals surface area contributed by atoms with Gasteiger partial charge in [-0.05, 0) is 30.8 Å². The highest BCUT2D eigenvalue weighted by molar-refractivity contribution is 7.99. The molecule has 1 saturated heterocycles. The molecule has 1 heterocycles. The SMILES string of the molecule is NC(=O)CCC(NC(=O)NC1CCSCC1)C(=O)O. The van der Waals surface area contributed by atoms with E-state index >= 15 is 0 Å². The molecule has 0 spiro atoms. The Balaban J connectivity index is 2.37. The first-order valence-electron chi connectivity index (χ1n) is 6.15. The Hall–Kier alpha value is -1.44. The van der Waals surface area contributed by atoms with Crippen LogP contribution in [0.2, 0.25) is 0 Å². The van der Waals surface area contributed by atoms with Crippen molar-refractivity contribution in [2.24, 2.45) is 5.73 Å². The lowest BCUT2D eigenvalue weighted by Crippen LogP contribution is -2.49. The van der Waals surface area contributed by atoms with E-state index in [0.717, 1.165) is 24.3 Å². The second-order valence-corrected chi connectivity index (χ2v) is 5.63. The van der Waals surface area contributed by atoms with Crippen LogP contribution in [0.5, 0.6) is 0 Å². The van der Waals surface area contributed by atoms with Crippen molar-refractivity contribution in [1.82, 2.24) is 10.6 Å². The van der Waals surface area contributed by atoms with Gasteiger partial charge in [0.1, 0.15) is 6.04 Å². The minimum atomic E-state index is -1.17. The molecule has 0 radical (unpaired) electrons. The molecule has 19 heavy (non-hydrogen) atoms. The van der Waals surface area contributed by atoms with Gasteiger partial charge in [0.2, 0.25) is 5.91 Å². The Morgan fingerprint density at radius 3 is 2.47 bits per heavy atom. The topological polar surface area (TPSA) is 122 Å². The zero-order valence-corrected chi connectivity index (χ0v) is 11.4. The van der Waals surface area contributed by atoms with Gasteiger partial charge in [-0.25, -0.2) is 9.59 Å². The summed E-state index contributed by atoms with van der Waals surface area (Å²) < 4.78 is 0. The van der Waals surface area contributed by atoms with Gasteiger partial charge < -0.3 is 21.5 Å². The Bertz CT molecular complexity index is 345. The average Bonchev–Trinajstić information content (AvgIpc) is 2.35. The van der Waals surface area contributed by atoms with Crippen LogP contribution in [0.4, 0.5) is 4.79 Å². The standard InChI is InChI=1S/C11H19N3O4S/c12-9(15)2-1-8(10(16)17)14-11(18)13-7-3-5-19-6-4-7/h7-8H,1-6H2,(H2,12,15)(H,16,17)(H2,13,14,18). The molecule has 0 aromatic heterocycles. The highest BCUT2D eigenvalue weighted by atomic mass is 32.2. The van der Waals surface area contributed by atoms with Crippen molar-refractivity contribution in [3.63, 3.8) is 0 Å². The van der Waals surface area contributed by atoms with E-state index < -0.39 is 23.9 Å². The van der Waals surface area contributed by atoms with Gasteiger partial charge in [-0.1, -0.05) is 0 Å². The number of carboxylic acids is 1. The first-order valence-corrected chi connectivity index (χ1v) is 7.30. The molecule has 0 saturated carbocycles. The summed E-state index contributed by atoms with van der Waals surface area (Å²) in [5.74, 6) is 0.234. The first kappa shape index (κ1) is 15.6. The number of hydrogen-bond donors (Lipinski definition) is 4. The molecule has 5 N–H and O–H groups in total. The zero-order chi connectivity index (χ0) is 14.3. The summed E-state index contributed by atoms with van der Waals surface area (Å²) in [6, 6.07) is -1.51. The molecule has 1 unspecified atom stereocenters. The van der Waals surface area contributed by atoms with Crippen molar-refractivity contribution in [2.45, 2.75) is 37.8 Å². The monoisotopic (exact) mass is 289 g/mol. The summed E-state index contributed by atoms with van der Waals surface area (Å²) in [5.41, 5.74) is 4.96. The van der Waals surface area contributed by atoms with Crippen LogP contribution in [0.15, 0.2) is 0 Å². The molecule has 1 aliphatic heterocycles. The van der Waals surface area contributed by atoms with E-state index in [1.807, 2.05) is 11.8 Å². The summed E-state index contributed by atoms with van der Waals surface area (Å²) in [7, 11) is 0. The van der Waals surface area contributed by atoms with E-state index in [4.69, 9.17) is 10.8 Å². The lowest BCUT2D eigenvalue weighted by molar-refractivity contribution is -0.139. The van der Waals surface area contributed by atoms with Crippen molar-refractivity contribution in [2.75, 3.05) is 11.5 Å². The number of primary amides is 1. The third kappa shape index (κ3) is 6.32. The van der Waals surface area contributed by atoms with Crippen molar-refractivity contribution in [1.29, 1.82) is 0 Å². The van der Waals surface area contributed by atoms with Crippen LogP contribution < -0.4 is 16.4 Å². The molecule has 108 valence electrons. The number of urea groups is 1. The minimum Gasteiger partial charge on any atom is -0.480 e. The number of nitrogens with one attached hydrogen (secondary N) is 2. The lowest BCUT2D eigenvalue weighted by atomic mass is 10.1. The van der Waals surface area contributed by atoms with Crippen LogP contribution in [-0.4, -0.2) is 46.6 Å². The second kappa shape index (κ2) is 7.88. The minimum absolute atomic E-state index is 0.00138. The van der Waals surface area contributed by atoms with Crippen molar-refractivity contribution in [3.05, 3.63) is 0 Å². The van der Waals surface area contributed by atoms with Gasteiger partial charge in [0.05, 0.1) is 0 Å². The average molecular weight is 289 g/mol. The maximum Gasteiger partial charge on any atom is 0.326 e. The van der Waals surface area contributed by atoms with Crippen LogP contribution in [0, 0.1) is 0 Å². The molecule has 8 heteroatoms. The van der Waals surface area contributed by atoms with Crippen LogP contribution in [0.3, 0.4) is 0 Å². The molecule has 0 aliphatic carbocycles. The van der Waals surface area contributed by atoms with Crippen molar-refractivity contribution in [3.8, 4) is 0 Å². The molecule has 1 rings (SSSR count). The Labute approximate surface area is 115 Å². The Morgan fingerprint density at radius 1 is 1.32 bits per heavy atom. The van der Waals surface area contributed by atoms with Crippen molar-refractivity contribution < 1.29 is 19.5 Å².